The molecule has 2 rings (SSSR count). The van der Waals surface area contributed by atoms with Crippen LogP contribution in [-0.4, -0.2) is 52.1 Å². The predicted molar refractivity (Wildman–Crippen MR) is 80.5 cm³/mol. The molecule has 0 aromatic heterocycles. The molecule has 22 heavy (non-hydrogen) atoms. The van der Waals surface area contributed by atoms with Crippen LogP contribution in [0.5, 0.6) is 11.5 Å². The Bertz CT molecular complexity index is 641. The first-order valence-corrected chi connectivity index (χ1v) is 8.63. The van der Waals surface area contributed by atoms with E-state index >= 15 is 0 Å². The van der Waals surface area contributed by atoms with Gasteiger partial charge in [0.2, 0.25) is 15.9 Å². The summed E-state index contributed by atoms with van der Waals surface area (Å²) in [4.78, 5) is 13.5. The van der Waals surface area contributed by atoms with E-state index in [0.717, 1.165) is 0 Å². The van der Waals surface area contributed by atoms with Gasteiger partial charge in [-0.3, -0.25) is 4.79 Å². The Kier molecular flexibility index (Phi) is 5.25. The summed E-state index contributed by atoms with van der Waals surface area (Å²) in [6, 6.07) is 4.38. The Morgan fingerprint density at radius 3 is 2.45 bits per heavy atom. The molecule has 1 amide bonds. The van der Waals surface area contributed by atoms with Crippen molar-refractivity contribution in [2.75, 3.05) is 32.8 Å². The zero-order chi connectivity index (χ0) is 16.2. The summed E-state index contributed by atoms with van der Waals surface area (Å²) < 4.78 is 37.5. The van der Waals surface area contributed by atoms with Crippen molar-refractivity contribution in [3.05, 3.63) is 18.2 Å². The molecule has 1 aromatic carbocycles. The summed E-state index contributed by atoms with van der Waals surface area (Å²) in [5, 5.41) is 0. The van der Waals surface area contributed by atoms with Gasteiger partial charge in [-0.15, -0.1) is 0 Å². The number of rotatable bonds is 6. The number of carbonyl (C=O) groups excluding carboxylic acids is 1. The molecule has 0 spiro atoms. The van der Waals surface area contributed by atoms with Gasteiger partial charge in [0.1, 0.15) is 13.2 Å². The minimum atomic E-state index is -3.77. The molecular weight excluding hydrogens is 308 g/mol. The van der Waals surface area contributed by atoms with Crippen molar-refractivity contribution in [3.63, 3.8) is 0 Å². The highest BCUT2D eigenvalue weighted by Gasteiger charge is 2.21. The minimum absolute atomic E-state index is 0.0455. The van der Waals surface area contributed by atoms with Crippen LogP contribution in [0.15, 0.2) is 23.1 Å². The van der Waals surface area contributed by atoms with E-state index in [9.17, 15) is 13.2 Å². The molecule has 1 aliphatic heterocycles. The van der Waals surface area contributed by atoms with Crippen molar-refractivity contribution < 1.29 is 22.7 Å². The van der Waals surface area contributed by atoms with E-state index in [4.69, 9.17) is 9.47 Å². The number of benzene rings is 1. The summed E-state index contributed by atoms with van der Waals surface area (Å²) in [5.74, 6) is 0.653. The average Bonchev–Trinajstić information content (AvgIpc) is 2.53. The molecule has 0 aliphatic carbocycles. The topological polar surface area (TPSA) is 84.9 Å². The second-order valence-electron chi connectivity index (χ2n) is 4.70. The van der Waals surface area contributed by atoms with Gasteiger partial charge in [-0.1, -0.05) is 0 Å². The molecule has 0 saturated carbocycles. The van der Waals surface area contributed by atoms with Crippen molar-refractivity contribution in [1.82, 2.24) is 9.62 Å². The summed E-state index contributed by atoms with van der Waals surface area (Å²) >= 11 is 0. The smallest absolute Gasteiger partial charge is 0.241 e. The van der Waals surface area contributed by atoms with Gasteiger partial charge in [0.25, 0.3) is 0 Å². The third-order valence-corrected chi connectivity index (χ3v) is 4.75. The Hall–Kier alpha value is -1.80. The molecule has 1 heterocycles. The van der Waals surface area contributed by atoms with Crippen molar-refractivity contribution in [3.8, 4) is 11.5 Å². The fourth-order valence-electron chi connectivity index (χ4n) is 2.12. The molecule has 7 nitrogen and oxygen atoms in total. The maximum atomic E-state index is 12.2. The third-order valence-electron chi connectivity index (χ3n) is 3.35. The van der Waals surface area contributed by atoms with Crippen molar-refractivity contribution in [2.24, 2.45) is 0 Å². The number of ether oxygens (including phenoxy) is 2. The first-order valence-electron chi connectivity index (χ1n) is 7.15. The molecule has 0 atom stereocenters. The van der Waals surface area contributed by atoms with Crippen LogP contribution in [0.2, 0.25) is 0 Å². The number of sulfonamides is 1. The van der Waals surface area contributed by atoms with Crippen LogP contribution < -0.4 is 14.2 Å². The molecule has 122 valence electrons. The first kappa shape index (κ1) is 16.6. The quantitative estimate of drug-likeness (QED) is 0.827. The van der Waals surface area contributed by atoms with Crippen LogP contribution in [-0.2, 0) is 14.8 Å². The Morgan fingerprint density at radius 1 is 1.18 bits per heavy atom. The Balaban J connectivity index is 2.09. The van der Waals surface area contributed by atoms with Gasteiger partial charge >= 0.3 is 0 Å². The standard InChI is InChI=1S/C14H20N2O5S/c1-3-16(4-2)14(17)10-15-22(18,19)11-5-6-12-13(9-11)21-8-7-20-12/h5-6,9,15H,3-4,7-8,10H2,1-2H3. The van der Waals surface area contributed by atoms with Crippen LogP contribution in [0.3, 0.4) is 0 Å². The highest BCUT2D eigenvalue weighted by atomic mass is 32.2. The molecule has 0 saturated heterocycles. The van der Waals surface area contributed by atoms with Crippen LogP contribution in [0, 0.1) is 0 Å². The number of likely N-dealkylation sites (N-methyl/N-ethyl adjacent to an activating group) is 1. The third kappa shape index (κ3) is 3.69. The lowest BCUT2D eigenvalue weighted by molar-refractivity contribution is -0.129. The lowest BCUT2D eigenvalue weighted by Crippen LogP contribution is -2.39. The fraction of sp³-hybridized carbons (Fsp3) is 0.500. The average molecular weight is 328 g/mol. The maximum Gasteiger partial charge on any atom is 0.241 e. The van der Waals surface area contributed by atoms with E-state index in [0.29, 0.717) is 37.8 Å². The summed E-state index contributed by atoms with van der Waals surface area (Å²) in [7, 11) is -3.77. The van der Waals surface area contributed by atoms with Crippen LogP contribution in [0.1, 0.15) is 13.8 Å². The van der Waals surface area contributed by atoms with Crippen LogP contribution >= 0.6 is 0 Å². The molecule has 0 fully saturated rings. The number of carbonyl (C=O) groups is 1. The number of nitrogens with one attached hydrogen (secondary N) is 1. The fourth-order valence-corrected chi connectivity index (χ4v) is 3.11. The Labute approximate surface area is 130 Å². The lowest BCUT2D eigenvalue weighted by atomic mass is 10.3. The van der Waals surface area contributed by atoms with Crippen molar-refractivity contribution in [2.45, 2.75) is 18.7 Å². The van der Waals surface area contributed by atoms with E-state index in [2.05, 4.69) is 4.72 Å². The maximum absolute atomic E-state index is 12.2. The van der Waals surface area contributed by atoms with Gasteiger partial charge < -0.3 is 14.4 Å². The molecular formula is C14H20N2O5S. The van der Waals surface area contributed by atoms with Crippen molar-refractivity contribution in [1.29, 1.82) is 0 Å². The minimum Gasteiger partial charge on any atom is -0.486 e. The molecule has 0 radical (unpaired) electrons. The summed E-state index contributed by atoms with van der Waals surface area (Å²) in [5.41, 5.74) is 0. The number of hydrogen-bond acceptors (Lipinski definition) is 5. The zero-order valence-electron chi connectivity index (χ0n) is 12.7. The number of fused-ring (bicyclic) bond motifs is 1. The van der Waals surface area contributed by atoms with Crippen LogP contribution in [0.4, 0.5) is 0 Å². The van der Waals surface area contributed by atoms with E-state index in [1.165, 1.54) is 12.1 Å². The first-order chi connectivity index (χ1) is 10.5. The van der Waals surface area contributed by atoms with Gasteiger partial charge in [-0.05, 0) is 26.0 Å². The highest BCUT2D eigenvalue weighted by Crippen LogP contribution is 2.32. The van der Waals surface area contributed by atoms with E-state index < -0.39 is 10.0 Å². The number of amides is 1. The SMILES string of the molecule is CCN(CC)C(=O)CNS(=O)(=O)c1ccc2c(c1)OCCO2. The molecule has 1 N–H and O–H groups in total. The van der Waals surface area contributed by atoms with E-state index in [1.54, 1.807) is 11.0 Å². The van der Waals surface area contributed by atoms with Gasteiger partial charge in [0, 0.05) is 19.2 Å². The highest BCUT2D eigenvalue weighted by molar-refractivity contribution is 7.89. The second-order valence-corrected chi connectivity index (χ2v) is 6.46. The zero-order valence-corrected chi connectivity index (χ0v) is 13.5. The molecule has 8 heteroatoms. The van der Waals surface area contributed by atoms with Crippen molar-refractivity contribution >= 4 is 15.9 Å². The van der Waals surface area contributed by atoms with E-state index in [-0.39, 0.29) is 17.3 Å². The van der Waals surface area contributed by atoms with E-state index in [1.807, 2.05) is 13.8 Å². The lowest BCUT2D eigenvalue weighted by Gasteiger charge is -2.20. The summed E-state index contributed by atoms with van der Waals surface area (Å²) in [6.07, 6.45) is 0. The normalized spacial score (nSPS) is 13.7. The monoisotopic (exact) mass is 328 g/mol. The largest absolute Gasteiger partial charge is 0.486 e. The van der Waals surface area contributed by atoms with Gasteiger partial charge in [-0.2, -0.15) is 0 Å². The summed E-state index contributed by atoms with van der Waals surface area (Å²) in [6.45, 7) is 5.33. The van der Waals surface area contributed by atoms with Gasteiger partial charge in [0.15, 0.2) is 11.5 Å². The molecule has 0 bridgehead atoms. The number of hydrogen-bond donors (Lipinski definition) is 1. The number of nitrogens with zero attached hydrogens (tertiary/aromatic N) is 1. The molecule has 1 aromatic rings. The van der Waals surface area contributed by atoms with Gasteiger partial charge in [0.05, 0.1) is 11.4 Å². The second kappa shape index (κ2) is 6.97. The molecule has 0 unspecified atom stereocenters. The Morgan fingerprint density at radius 2 is 1.82 bits per heavy atom. The predicted octanol–water partition coefficient (Wildman–Crippen LogP) is 0.605. The van der Waals surface area contributed by atoms with Gasteiger partial charge in [-0.25, -0.2) is 13.1 Å². The molecule has 1 aliphatic rings. The van der Waals surface area contributed by atoms with Crippen LogP contribution in [0.25, 0.3) is 0 Å².